The van der Waals surface area contributed by atoms with Crippen LogP contribution in [0.2, 0.25) is 0 Å². The molecule has 0 saturated carbocycles. The summed E-state index contributed by atoms with van der Waals surface area (Å²) >= 11 is 0. The fourth-order valence-electron chi connectivity index (χ4n) is 4.33. The molecule has 0 radical (unpaired) electrons. The number of hydrogen-bond acceptors (Lipinski definition) is 6. The first-order valence-corrected chi connectivity index (χ1v) is 12.6. The number of anilines is 1. The van der Waals surface area contributed by atoms with Crippen LogP contribution in [0.15, 0.2) is 60.3 Å². The average Bonchev–Trinajstić information content (AvgIpc) is 3.36. The highest BCUT2D eigenvalue weighted by molar-refractivity contribution is 7.91. The van der Waals surface area contributed by atoms with Crippen LogP contribution < -0.4 is 5.32 Å². The summed E-state index contributed by atoms with van der Waals surface area (Å²) in [7, 11) is -3.06. The van der Waals surface area contributed by atoms with E-state index in [-0.39, 0.29) is 23.1 Å². The smallest absolute Gasteiger partial charge is 0.266 e. The Balaban J connectivity index is 1.45. The third-order valence-corrected chi connectivity index (χ3v) is 7.77. The van der Waals surface area contributed by atoms with Crippen molar-refractivity contribution >= 4 is 49.3 Å². The molecule has 0 spiro atoms. The number of benzene rings is 2. The van der Waals surface area contributed by atoms with Crippen LogP contribution in [0.4, 0.5) is 5.69 Å². The lowest BCUT2D eigenvalue weighted by Crippen LogP contribution is -2.13. The molecule has 5 rings (SSSR count). The summed E-state index contributed by atoms with van der Waals surface area (Å²) in [5.74, 6) is -0.307. The molecule has 1 unspecified atom stereocenters. The Morgan fingerprint density at radius 3 is 2.76 bits per heavy atom. The highest BCUT2D eigenvalue weighted by atomic mass is 32.2. The second-order valence-electron chi connectivity index (χ2n) is 8.38. The van der Waals surface area contributed by atoms with E-state index in [2.05, 4.69) is 15.4 Å². The molecule has 34 heavy (non-hydrogen) atoms. The molecule has 4 aromatic rings. The Labute approximate surface area is 196 Å². The summed E-state index contributed by atoms with van der Waals surface area (Å²) in [6.07, 6.45) is 3.56. The van der Waals surface area contributed by atoms with Gasteiger partial charge in [-0.25, -0.2) is 18.1 Å². The summed E-state index contributed by atoms with van der Waals surface area (Å²) in [5, 5.41) is 19.6. The molecular weight excluding hydrogens is 450 g/mol. The summed E-state index contributed by atoms with van der Waals surface area (Å²) in [6.45, 7) is 1.83. The molecule has 3 heterocycles. The third kappa shape index (κ3) is 4.04. The van der Waals surface area contributed by atoms with Crippen LogP contribution in [0.1, 0.15) is 23.7 Å². The Hall–Kier alpha value is -4.03. The van der Waals surface area contributed by atoms with Crippen molar-refractivity contribution in [3.8, 4) is 6.07 Å². The molecule has 1 amide bonds. The van der Waals surface area contributed by atoms with Gasteiger partial charge in [-0.15, -0.1) is 0 Å². The van der Waals surface area contributed by atoms with Crippen molar-refractivity contribution < 1.29 is 13.2 Å². The van der Waals surface area contributed by atoms with Gasteiger partial charge in [-0.2, -0.15) is 10.4 Å². The Kier molecular flexibility index (Phi) is 5.38. The van der Waals surface area contributed by atoms with Gasteiger partial charge in [-0.1, -0.05) is 36.4 Å². The number of nitrogens with one attached hydrogen (secondary N) is 1. The summed E-state index contributed by atoms with van der Waals surface area (Å²) in [4.78, 5) is 17.4. The Morgan fingerprint density at radius 2 is 2.00 bits per heavy atom. The number of pyridine rings is 1. The number of amides is 1. The molecule has 1 saturated heterocycles. The Morgan fingerprint density at radius 1 is 1.21 bits per heavy atom. The van der Waals surface area contributed by atoms with E-state index in [1.165, 1.54) is 6.08 Å². The number of aromatic nitrogens is 3. The van der Waals surface area contributed by atoms with Gasteiger partial charge in [0.05, 0.1) is 23.2 Å². The maximum absolute atomic E-state index is 12.9. The highest BCUT2D eigenvalue weighted by Gasteiger charge is 2.31. The first kappa shape index (κ1) is 21.8. The molecule has 1 aliphatic rings. The van der Waals surface area contributed by atoms with Gasteiger partial charge in [0.2, 0.25) is 0 Å². The molecule has 1 aliphatic heterocycles. The van der Waals surface area contributed by atoms with Crippen LogP contribution in [0.3, 0.4) is 0 Å². The summed E-state index contributed by atoms with van der Waals surface area (Å²) in [5.41, 5.74) is 2.46. The van der Waals surface area contributed by atoms with E-state index in [1.807, 2.05) is 55.5 Å². The molecule has 0 bridgehead atoms. The number of carbonyl (C=O) groups excluding carboxylic acids is 1. The average molecular weight is 472 g/mol. The maximum atomic E-state index is 12.9. The minimum Gasteiger partial charge on any atom is -0.321 e. The fourth-order valence-corrected chi connectivity index (χ4v) is 6.02. The minimum atomic E-state index is -3.06. The van der Waals surface area contributed by atoms with Crippen LogP contribution in [-0.4, -0.2) is 40.6 Å². The highest BCUT2D eigenvalue weighted by Crippen LogP contribution is 2.28. The minimum absolute atomic E-state index is 0.0546. The molecule has 0 aliphatic carbocycles. The molecule has 2 aromatic heterocycles. The quantitative estimate of drug-likeness (QED) is 0.357. The molecule has 1 N–H and O–H groups in total. The molecule has 1 fully saturated rings. The molecule has 2 aromatic carbocycles. The van der Waals surface area contributed by atoms with Crippen molar-refractivity contribution in [2.24, 2.45) is 0 Å². The lowest BCUT2D eigenvalue weighted by molar-refractivity contribution is -0.112. The number of carbonyl (C=O) groups is 1. The van der Waals surface area contributed by atoms with Crippen molar-refractivity contribution in [1.82, 2.24) is 14.8 Å². The summed E-state index contributed by atoms with van der Waals surface area (Å²) in [6, 6.07) is 16.8. The van der Waals surface area contributed by atoms with Gasteiger partial charge in [-0.05, 0) is 42.5 Å². The SMILES string of the molecule is Cc1nn(C2CCS(=O)(=O)C2)c2ncc(/C=C(\C#N)C(=O)Nc3cccc4ccccc34)cc12. The number of sulfone groups is 1. The van der Waals surface area contributed by atoms with Crippen molar-refractivity contribution in [3.05, 3.63) is 71.6 Å². The third-order valence-electron chi connectivity index (χ3n) is 6.02. The molecule has 8 nitrogen and oxygen atoms in total. The van der Waals surface area contributed by atoms with Gasteiger partial charge in [0.1, 0.15) is 11.6 Å². The van der Waals surface area contributed by atoms with E-state index in [0.717, 1.165) is 16.2 Å². The molecular formula is C25H21N5O3S. The second-order valence-corrected chi connectivity index (χ2v) is 10.6. The first-order valence-electron chi connectivity index (χ1n) is 10.8. The van der Waals surface area contributed by atoms with Crippen molar-refractivity contribution in [1.29, 1.82) is 5.26 Å². The van der Waals surface area contributed by atoms with Gasteiger partial charge >= 0.3 is 0 Å². The van der Waals surface area contributed by atoms with Gasteiger partial charge in [0.25, 0.3) is 5.91 Å². The van der Waals surface area contributed by atoms with Crippen LogP contribution in [0.5, 0.6) is 0 Å². The van der Waals surface area contributed by atoms with E-state index < -0.39 is 15.7 Å². The van der Waals surface area contributed by atoms with E-state index in [4.69, 9.17) is 0 Å². The predicted octanol–water partition coefficient (Wildman–Crippen LogP) is 3.80. The second kappa shape index (κ2) is 8.39. The zero-order valence-corrected chi connectivity index (χ0v) is 19.2. The molecule has 170 valence electrons. The number of aryl methyl sites for hydroxylation is 1. The van der Waals surface area contributed by atoms with Gasteiger partial charge in [0.15, 0.2) is 15.5 Å². The van der Waals surface area contributed by atoms with E-state index >= 15 is 0 Å². The number of nitrogens with zero attached hydrogens (tertiary/aromatic N) is 4. The number of nitriles is 1. The largest absolute Gasteiger partial charge is 0.321 e. The van der Waals surface area contributed by atoms with Crippen LogP contribution >= 0.6 is 0 Å². The Bertz CT molecular complexity index is 1620. The van der Waals surface area contributed by atoms with Crippen LogP contribution in [0.25, 0.3) is 27.9 Å². The lowest BCUT2D eigenvalue weighted by Gasteiger charge is -2.09. The van der Waals surface area contributed by atoms with E-state index in [9.17, 15) is 18.5 Å². The van der Waals surface area contributed by atoms with Crippen molar-refractivity contribution in [3.63, 3.8) is 0 Å². The van der Waals surface area contributed by atoms with Crippen LogP contribution in [-0.2, 0) is 14.6 Å². The summed E-state index contributed by atoms with van der Waals surface area (Å²) < 4.78 is 25.5. The van der Waals surface area contributed by atoms with E-state index in [0.29, 0.717) is 29.0 Å². The zero-order valence-electron chi connectivity index (χ0n) is 18.4. The standard InChI is InChI=1S/C25H21N5O3S/c1-16-22-12-17(14-27-24(22)30(29-16)20-9-10-34(32,33)15-20)11-19(13-26)25(31)28-23-8-4-6-18-5-2-3-7-21(18)23/h2-8,11-12,14,20H,9-10,15H2,1H3,(H,28,31)/b19-11+. The molecule has 9 heteroatoms. The fraction of sp³-hybridized carbons (Fsp3) is 0.200. The normalized spacial score (nSPS) is 17.6. The number of fused-ring (bicyclic) bond motifs is 2. The van der Waals surface area contributed by atoms with Gasteiger partial charge in [0, 0.05) is 22.7 Å². The monoisotopic (exact) mass is 471 g/mol. The zero-order chi connectivity index (χ0) is 23.9. The number of rotatable bonds is 4. The van der Waals surface area contributed by atoms with Crippen LogP contribution in [0, 0.1) is 18.3 Å². The predicted molar refractivity (Wildman–Crippen MR) is 131 cm³/mol. The molecule has 1 atom stereocenters. The van der Waals surface area contributed by atoms with Crippen molar-refractivity contribution in [2.75, 3.05) is 16.8 Å². The topological polar surface area (TPSA) is 118 Å². The maximum Gasteiger partial charge on any atom is 0.266 e. The van der Waals surface area contributed by atoms with E-state index in [1.54, 1.807) is 16.9 Å². The first-order chi connectivity index (χ1) is 16.3. The van der Waals surface area contributed by atoms with Crippen molar-refractivity contribution in [2.45, 2.75) is 19.4 Å². The number of hydrogen-bond donors (Lipinski definition) is 1. The van der Waals surface area contributed by atoms with Gasteiger partial charge < -0.3 is 5.32 Å². The lowest BCUT2D eigenvalue weighted by atomic mass is 10.1. The van der Waals surface area contributed by atoms with Gasteiger partial charge in [-0.3, -0.25) is 4.79 Å².